The zero-order valence-corrected chi connectivity index (χ0v) is 13.9. The Kier molecular flexibility index (Phi) is 5.19. The summed E-state index contributed by atoms with van der Waals surface area (Å²) >= 11 is 11.0. The normalized spacial score (nSPS) is 12.4. The zero-order chi connectivity index (χ0) is 13.8. The Morgan fingerprint density at radius 1 is 1.42 bits per heavy atom. The molecule has 0 aliphatic carbocycles. The summed E-state index contributed by atoms with van der Waals surface area (Å²) in [6.45, 7) is 4.21. The van der Waals surface area contributed by atoms with E-state index in [4.69, 9.17) is 11.6 Å². The van der Waals surface area contributed by atoms with Gasteiger partial charge >= 0.3 is 0 Å². The van der Waals surface area contributed by atoms with Gasteiger partial charge in [-0.1, -0.05) is 18.5 Å². The number of nitrogens with one attached hydrogen (secondary N) is 1. The lowest BCUT2D eigenvalue weighted by molar-refractivity contribution is 0.817. The van der Waals surface area contributed by atoms with Gasteiger partial charge in [0.15, 0.2) is 0 Å². The van der Waals surface area contributed by atoms with Crippen molar-refractivity contribution in [3.8, 4) is 0 Å². The highest BCUT2D eigenvalue weighted by Crippen LogP contribution is 2.29. The van der Waals surface area contributed by atoms with Crippen molar-refractivity contribution in [3.63, 3.8) is 0 Å². The number of halogens is 2. The van der Waals surface area contributed by atoms with Crippen LogP contribution in [0.5, 0.6) is 0 Å². The maximum absolute atomic E-state index is 5.96. The Bertz CT molecular complexity index is 559. The first-order chi connectivity index (χ1) is 9.08. The number of nitrogens with zero attached hydrogens (tertiary/aromatic N) is 2. The van der Waals surface area contributed by atoms with Crippen LogP contribution in [0.15, 0.2) is 22.8 Å². The van der Waals surface area contributed by atoms with E-state index < -0.39 is 0 Å². The molecule has 2 aromatic rings. The van der Waals surface area contributed by atoms with Gasteiger partial charge in [-0.3, -0.25) is 0 Å². The predicted molar refractivity (Wildman–Crippen MR) is 85.1 cm³/mol. The van der Waals surface area contributed by atoms with Crippen LogP contribution >= 0.6 is 38.9 Å². The molecule has 0 saturated carbocycles. The molecule has 6 heteroatoms. The number of rotatable bonds is 5. The molecular formula is C13H15BrClN3S. The molecule has 0 aliphatic rings. The fourth-order valence-corrected chi connectivity index (χ4v) is 3.21. The van der Waals surface area contributed by atoms with E-state index in [9.17, 15) is 0 Å². The highest BCUT2D eigenvalue weighted by molar-refractivity contribution is 9.10. The van der Waals surface area contributed by atoms with Crippen LogP contribution < -0.4 is 5.32 Å². The molecule has 0 aliphatic heterocycles. The number of hydrogen-bond acceptors (Lipinski definition) is 4. The lowest BCUT2D eigenvalue weighted by Gasteiger charge is -2.13. The van der Waals surface area contributed by atoms with Gasteiger partial charge in [-0.05, 0) is 41.4 Å². The molecule has 3 nitrogen and oxygen atoms in total. The third-order valence-corrected chi connectivity index (χ3v) is 4.42. The van der Waals surface area contributed by atoms with E-state index in [-0.39, 0.29) is 6.04 Å². The lowest BCUT2D eigenvalue weighted by atomic mass is 10.2. The molecule has 102 valence electrons. The maximum atomic E-state index is 5.96. The van der Waals surface area contributed by atoms with E-state index in [2.05, 4.69) is 45.1 Å². The highest BCUT2D eigenvalue weighted by atomic mass is 79.9. The van der Waals surface area contributed by atoms with E-state index in [0.717, 1.165) is 33.4 Å². The third kappa shape index (κ3) is 4.16. The molecule has 0 saturated heterocycles. The van der Waals surface area contributed by atoms with Crippen LogP contribution in [0.2, 0.25) is 4.34 Å². The molecule has 0 bridgehead atoms. The second kappa shape index (κ2) is 6.68. The standard InChI is InChI=1S/C13H15BrClN3S/c1-3-4-12-17-10(14)7-13(18-12)16-8(2)9-5-6-11(15)19-9/h5-8H,3-4H2,1-2H3,(H,16,17,18). The Morgan fingerprint density at radius 3 is 2.84 bits per heavy atom. The van der Waals surface area contributed by atoms with Crippen molar-refractivity contribution >= 4 is 44.7 Å². The van der Waals surface area contributed by atoms with E-state index in [1.807, 2.05) is 18.2 Å². The quantitative estimate of drug-likeness (QED) is 0.756. The van der Waals surface area contributed by atoms with Crippen LogP contribution in [-0.4, -0.2) is 9.97 Å². The van der Waals surface area contributed by atoms with Crippen LogP contribution in [0.25, 0.3) is 0 Å². The van der Waals surface area contributed by atoms with E-state index in [0.29, 0.717) is 0 Å². The Morgan fingerprint density at radius 2 is 2.21 bits per heavy atom. The first kappa shape index (κ1) is 14.8. The molecular weight excluding hydrogens is 346 g/mol. The van der Waals surface area contributed by atoms with Gasteiger partial charge in [0.1, 0.15) is 16.2 Å². The van der Waals surface area contributed by atoms with Gasteiger partial charge in [0.05, 0.1) is 10.4 Å². The minimum absolute atomic E-state index is 0.175. The van der Waals surface area contributed by atoms with Crippen molar-refractivity contribution < 1.29 is 0 Å². The summed E-state index contributed by atoms with van der Waals surface area (Å²) in [5.74, 6) is 1.69. The fraction of sp³-hybridized carbons (Fsp3) is 0.385. The molecule has 1 N–H and O–H groups in total. The Hall–Kier alpha value is -0.650. The van der Waals surface area contributed by atoms with E-state index in [1.54, 1.807) is 11.3 Å². The Balaban J connectivity index is 2.14. The maximum Gasteiger partial charge on any atom is 0.132 e. The molecule has 0 spiro atoms. The number of anilines is 1. The number of aromatic nitrogens is 2. The van der Waals surface area contributed by atoms with Crippen LogP contribution in [0.3, 0.4) is 0 Å². The predicted octanol–water partition coefficient (Wildman–Crippen LogP) is 5.08. The van der Waals surface area contributed by atoms with Crippen molar-refractivity contribution in [2.45, 2.75) is 32.7 Å². The zero-order valence-electron chi connectivity index (χ0n) is 10.8. The van der Waals surface area contributed by atoms with Crippen LogP contribution in [0, 0.1) is 0 Å². The molecule has 1 atom stereocenters. The molecule has 19 heavy (non-hydrogen) atoms. The van der Waals surface area contributed by atoms with Gasteiger partial charge < -0.3 is 5.32 Å². The first-order valence-corrected chi connectivity index (χ1v) is 8.12. The molecule has 0 radical (unpaired) electrons. The van der Waals surface area contributed by atoms with Gasteiger partial charge in [0.2, 0.25) is 0 Å². The SMILES string of the molecule is CCCc1nc(Br)cc(NC(C)c2ccc(Cl)s2)n1. The molecule has 1 unspecified atom stereocenters. The second-order valence-electron chi connectivity index (χ2n) is 4.25. The summed E-state index contributed by atoms with van der Waals surface area (Å²) < 4.78 is 1.61. The van der Waals surface area contributed by atoms with Gasteiger partial charge in [-0.25, -0.2) is 9.97 Å². The number of aryl methyl sites for hydroxylation is 1. The van der Waals surface area contributed by atoms with E-state index >= 15 is 0 Å². The largest absolute Gasteiger partial charge is 0.363 e. The van der Waals surface area contributed by atoms with Gasteiger partial charge in [0.25, 0.3) is 0 Å². The molecule has 2 rings (SSSR count). The molecule has 0 amide bonds. The average Bonchev–Trinajstić information content (AvgIpc) is 2.75. The summed E-state index contributed by atoms with van der Waals surface area (Å²) in [6.07, 6.45) is 1.92. The second-order valence-corrected chi connectivity index (χ2v) is 6.81. The molecule has 0 fully saturated rings. The molecule has 2 aromatic heterocycles. The van der Waals surface area contributed by atoms with E-state index in [1.165, 1.54) is 4.88 Å². The fourth-order valence-electron chi connectivity index (χ4n) is 1.73. The van der Waals surface area contributed by atoms with Gasteiger partial charge in [-0.15, -0.1) is 11.3 Å². The number of thiophene rings is 1. The number of hydrogen-bond donors (Lipinski definition) is 1. The monoisotopic (exact) mass is 359 g/mol. The minimum atomic E-state index is 0.175. The van der Waals surface area contributed by atoms with Crippen molar-refractivity contribution in [2.24, 2.45) is 0 Å². The summed E-state index contributed by atoms with van der Waals surface area (Å²) in [5.41, 5.74) is 0. The van der Waals surface area contributed by atoms with Gasteiger partial charge in [-0.2, -0.15) is 0 Å². The van der Waals surface area contributed by atoms with Crippen LogP contribution in [0.4, 0.5) is 5.82 Å². The summed E-state index contributed by atoms with van der Waals surface area (Å²) in [4.78, 5) is 10.1. The Labute approximate surface area is 130 Å². The highest BCUT2D eigenvalue weighted by Gasteiger charge is 2.10. The average molecular weight is 361 g/mol. The first-order valence-electron chi connectivity index (χ1n) is 6.13. The summed E-state index contributed by atoms with van der Waals surface area (Å²) in [7, 11) is 0. The summed E-state index contributed by atoms with van der Waals surface area (Å²) in [6, 6.07) is 6.02. The van der Waals surface area contributed by atoms with Crippen molar-refractivity contribution in [3.05, 3.63) is 37.8 Å². The van der Waals surface area contributed by atoms with Crippen molar-refractivity contribution in [1.82, 2.24) is 9.97 Å². The van der Waals surface area contributed by atoms with Gasteiger partial charge in [0, 0.05) is 17.4 Å². The summed E-state index contributed by atoms with van der Waals surface area (Å²) in [5, 5.41) is 3.38. The van der Waals surface area contributed by atoms with Crippen molar-refractivity contribution in [1.29, 1.82) is 0 Å². The third-order valence-electron chi connectivity index (χ3n) is 2.60. The van der Waals surface area contributed by atoms with Crippen LogP contribution in [0.1, 0.15) is 37.0 Å². The molecule has 0 aromatic carbocycles. The molecule has 2 heterocycles. The van der Waals surface area contributed by atoms with Crippen molar-refractivity contribution in [2.75, 3.05) is 5.32 Å². The topological polar surface area (TPSA) is 37.8 Å². The van der Waals surface area contributed by atoms with Crippen LogP contribution in [-0.2, 0) is 6.42 Å². The lowest BCUT2D eigenvalue weighted by Crippen LogP contribution is -2.08. The minimum Gasteiger partial charge on any atom is -0.363 e. The smallest absolute Gasteiger partial charge is 0.132 e.